The minimum Gasteiger partial charge on any atom is -0.480 e. The summed E-state index contributed by atoms with van der Waals surface area (Å²) in [6.45, 7) is 5.71. The zero-order chi connectivity index (χ0) is 63.6. The Balaban J connectivity index is 1.47. The average Bonchev–Trinajstić information content (AvgIpc) is 3.85. The third-order valence-corrected chi connectivity index (χ3v) is 15.0. The molecule has 0 saturated heterocycles. The van der Waals surface area contributed by atoms with Crippen LogP contribution in [0.25, 0.3) is 10.8 Å². The number of amides is 9. The van der Waals surface area contributed by atoms with Gasteiger partial charge in [-0.1, -0.05) is 94.8 Å². The van der Waals surface area contributed by atoms with E-state index in [1.165, 1.54) is 19.4 Å². The van der Waals surface area contributed by atoms with Gasteiger partial charge in [0.1, 0.15) is 42.3 Å². The van der Waals surface area contributed by atoms with Crippen LogP contribution in [0.4, 0.5) is 0 Å². The molecule has 29 nitrogen and oxygen atoms in total. The van der Waals surface area contributed by atoms with E-state index in [0.717, 1.165) is 61.6 Å². The van der Waals surface area contributed by atoms with Crippen molar-refractivity contribution in [3.05, 3.63) is 66.2 Å². The number of nitrogens with one attached hydrogen (secondary N) is 9. The summed E-state index contributed by atoms with van der Waals surface area (Å²) in [6, 6.07) is 1.53. The number of carbonyl (C=O) groups excluding carboxylic acids is 9. The minimum atomic E-state index is -1.85. The molecule has 0 spiro atoms. The van der Waals surface area contributed by atoms with Gasteiger partial charge in [-0.2, -0.15) is 0 Å². The van der Waals surface area contributed by atoms with E-state index in [2.05, 4.69) is 57.5 Å². The Morgan fingerprint density at radius 3 is 1.95 bits per heavy atom. The van der Waals surface area contributed by atoms with Gasteiger partial charge in [-0.25, -0.2) is 9.78 Å². The number of nitrogens with two attached hydrogens (primary N) is 4. The van der Waals surface area contributed by atoms with Gasteiger partial charge in [-0.15, -0.1) is 0 Å². The highest BCUT2D eigenvalue weighted by molar-refractivity contribution is 5.98. The summed E-state index contributed by atoms with van der Waals surface area (Å²) in [4.78, 5) is 148. The Morgan fingerprint density at radius 2 is 1.33 bits per heavy atom. The summed E-state index contributed by atoms with van der Waals surface area (Å²) in [7, 11) is 0. The predicted octanol–water partition coefficient (Wildman–Crippen LogP) is -3.09. The maximum absolute atomic E-state index is 14.6. The normalized spacial score (nSPS) is 16.3. The Bertz CT molecular complexity index is 2780. The molecule has 2 aromatic carbocycles. The van der Waals surface area contributed by atoms with E-state index in [0.29, 0.717) is 24.1 Å². The third kappa shape index (κ3) is 22.6. The van der Waals surface area contributed by atoms with Crippen LogP contribution in [0.15, 0.2) is 60.0 Å². The van der Waals surface area contributed by atoms with Gasteiger partial charge in [0.2, 0.25) is 53.2 Å². The number of aliphatic carboxylic acids is 1. The van der Waals surface area contributed by atoms with Gasteiger partial charge >= 0.3 is 5.97 Å². The van der Waals surface area contributed by atoms with Crippen molar-refractivity contribution < 1.29 is 63.3 Å². The highest BCUT2D eigenvalue weighted by atomic mass is 16.4. The molecule has 1 aromatic heterocycles. The van der Waals surface area contributed by atoms with Gasteiger partial charge in [0.25, 0.3) is 0 Å². The molecule has 0 aliphatic heterocycles. The van der Waals surface area contributed by atoms with Crippen LogP contribution in [-0.2, 0) is 60.8 Å². The number of fused-ring (bicyclic) bond motifs is 1. The third-order valence-electron chi connectivity index (χ3n) is 15.0. The largest absolute Gasteiger partial charge is 0.480 e. The Kier molecular flexibility index (Phi) is 28.8. The second-order valence-electron chi connectivity index (χ2n) is 21.9. The maximum atomic E-state index is 14.6. The fraction of sp³-hybridized carbons (Fsp3) is 0.579. The summed E-state index contributed by atoms with van der Waals surface area (Å²) in [5.74, 6) is -9.55. The highest BCUT2D eigenvalue weighted by Crippen LogP contribution is 2.28. The molecular formula is C57H88N16O13. The smallest absolute Gasteiger partial charge is 0.326 e. The minimum absolute atomic E-state index is 0.118. The highest BCUT2D eigenvalue weighted by Gasteiger charge is 2.37. The number of imidazole rings is 1. The van der Waals surface area contributed by atoms with Crippen LogP contribution in [0.3, 0.4) is 0 Å². The summed E-state index contributed by atoms with van der Waals surface area (Å²) in [5, 5.41) is 53.4. The number of carbonyl (C=O) groups is 10. The molecule has 11 atom stereocenters. The molecule has 1 saturated carbocycles. The first-order chi connectivity index (χ1) is 40.8. The average molecular weight is 1210 g/mol. The number of hydrogen-bond acceptors (Lipinski definition) is 16. The zero-order valence-corrected chi connectivity index (χ0v) is 49.5. The van der Waals surface area contributed by atoms with Crippen molar-refractivity contribution in [2.24, 2.45) is 39.8 Å². The number of aliphatic hydroxyl groups is 2. The number of carboxylic acids is 1. The molecule has 474 valence electrons. The molecule has 20 N–H and O–H groups in total. The number of carboxylic acid groups (broad SMARTS) is 1. The standard InChI is InChI=1S/C57H88N16O13/c1-6-31(2)46(54(83)69-43(56(85)86)24-35-14-8-7-9-15-35)70-44(76)29-73(23-21-58)45(77)28-64-53(82)47(33(4)74)72-55(84)48(34(5)75)71-52(81)42(26-38-27-62-30-65-38)68-51(80)41(25-37-18-12-17-36-16-10-11-19-39(36)37)67-49(78)32(3)66-50(79)40(59)20-13-22-63-57(60)61/h10-12,16-19,27,30-35,40-43,46-48,74-75H,6-9,13-15,20-26,28-29,58-59H2,1-5H3,(H,62,65)(H,64,82)(H,66,79)(H,67,78)(H,68,80)(H,69,83)(H,70,76)(H,71,81)(H,72,84)(H,85,86)(H4,60,61,63)/t31?,32-,33+,34+,40-,41-,42-,43-,46-,47-,48-/m0/s1. The second-order valence-corrected chi connectivity index (χ2v) is 21.9. The lowest BCUT2D eigenvalue weighted by atomic mass is 9.84. The van der Waals surface area contributed by atoms with Crippen molar-refractivity contribution in [2.45, 2.75) is 166 Å². The van der Waals surface area contributed by atoms with E-state index in [9.17, 15) is 63.3 Å². The lowest BCUT2D eigenvalue weighted by Crippen LogP contribution is -2.62. The topological polar surface area (TPSA) is 476 Å². The fourth-order valence-corrected chi connectivity index (χ4v) is 9.80. The summed E-state index contributed by atoms with van der Waals surface area (Å²) < 4.78 is 0. The molecule has 29 heteroatoms. The molecule has 1 fully saturated rings. The van der Waals surface area contributed by atoms with E-state index in [-0.39, 0.29) is 57.2 Å². The fourth-order valence-electron chi connectivity index (χ4n) is 9.80. The molecule has 1 aliphatic rings. The molecule has 1 heterocycles. The van der Waals surface area contributed by atoms with Crippen LogP contribution in [0.5, 0.6) is 0 Å². The number of aliphatic imine (C=N–C) groups is 1. The number of aliphatic hydroxyl groups excluding tert-OH is 2. The van der Waals surface area contributed by atoms with Crippen molar-refractivity contribution in [2.75, 3.05) is 32.7 Å². The summed E-state index contributed by atoms with van der Waals surface area (Å²) in [5.41, 5.74) is 23.6. The Labute approximate surface area is 499 Å². The van der Waals surface area contributed by atoms with Gasteiger partial charge in [0.05, 0.1) is 37.7 Å². The molecule has 86 heavy (non-hydrogen) atoms. The quantitative estimate of drug-likeness (QED) is 0.0158. The van der Waals surface area contributed by atoms with Crippen LogP contribution < -0.4 is 65.5 Å². The Morgan fingerprint density at radius 1 is 0.721 bits per heavy atom. The van der Waals surface area contributed by atoms with Gasteiger partial charge in [-0.3, -0.25) is 48.1 Å². The lowest BCUT2D eigenvalue weighted by molar-refractivity contribution is -0.143. The van der Waals surface area contributed by atoms with Crippen LogP contribution >= 0.6 is 0 Å². The van der Waals surface area contributed by atoms with Crippen molar-refractivity contribution >= 4 is 75.9 Å². The first kappa shape index (κ1) is 70.2. The van der Waals surface area contributed by atoms with E-state index >= 15 is 0 Å². The number of aromatic nitrogens is 2. The maximum Gasteiger partial charge on any atom is 0.326 e. The number of benzene rings is 2. The molecule has 1 aliphatic carbocycles. The summed E-state index contributed by atoms with van der Waals surface area (Å²) >= 11 is 0. The van der Waals surface area contributed by atoms with Gasteiger partial charge < -0.3 is 90.7 Å². The van der Waals surface area contributed by atoms with Crippen LogP contribution in [0, 0.1) is 11.8 Å². The van der Waals surface area contributed by atoms with Crippen LogP contribution in [0.1, 0.15) is 104 Å². The van der Waals surface area contributed by atoms with Gasteiger partial charge in [0.15, 0.2) is 5.96 Å². The molecule has 1 unspecified atom stereocenters. The van der Waals surface area contributed by atoms with Gasteiger partial charge in [0, 0.05) is 44.4 Å². The number of hydrogen-bond donors (Lipinski definition) is 16. The van der Waals surface area contributed by atoms with E-state index in [1.54, 1.807) is 32.0 Å². The molecular weight excluding hydrogens is 1120 g/mol. The monoisotopic (exact) mass is 1200 g/mol. The molecule has 4 rings (SSSR count). The molecule has 0 bridgehead atoms. The van der Waals surface area contributed by atoms with Gasteiger partial charge in [-0.05, 0) is 68.2 Å². The van der Waals surface area contributed by atoms with Crippen LogP contribution in [0.2, 0.25) is 0 Å². The van der Waals surface area contributed by atoms with Crippen molar-refractivity contribution in [3.63, 3.8) is 0 Å². The van der Waals surface area contributed by atoms with E-state index in [1.807, 2.05) is 24.3 Å². The number of guanidine groups is 1. The number of aromatic amines is 1. The molecule has 0 radical (unpaired) electrons. The molecule has 9 amide bonds. The van der Waals surface area contributed by atoms with E-state index in [4.69, 9.17) is 22.9 Å². The van der Waals surface area contributed by atoms with Crippen molar-refractivity contribution in [3.8, 4) is 0 Å². The first-order valence-corrected chi connectivity index (χ1v) is 29.0. The van der Waals surface area contributed by atoms with Crippen molar-refractivity contribution in [1.29, 1.82) is 0 Å². The number of H-pyrrole nitrogens is 1. The van der Waals surface area contributed by atoms with Crippen molar-refractivity contribution in [1.82, 2.24) is 57.4 Å². The number of nitrogens with zero attached hydrogens (tertiary/aromatic N) is 3. The SMILES string of the molecule is CCC(C)[C@H](NC(=O)CN(CCN)C(=O)CNC(=O)[C@@H](NC(=O)[C@@H](NC(=O)[C@H](Cc1cnc[nH]1)NC(=O)[C@H](Cc1cccc2ccccc12)NC(=O)[C@H](C)NC(=O)[C@@H](N)CCCN=C(N)N)[C@@H](C)O)[C@@H](C)O)C(=O)N[C@@H](CC1CCCCC1)C(=O)O. The Hall–Kier alpha value is -8.28. The summed E-state index contributed by atoms with van der Waals surface area (Å²) in [6.07, 6.45) is 4.93. The lowest BCUT2D eigenvalue weighted by Gasteiger charge is -2.29. The van der Waals surface area contributed by atoms with Crippen LogP contribution in [-0.4, -0.2) is 189 Å². The number of rotatable bonds is 35. The second kappa shape index (κ2) is 35.2. The predicted molar refractivity (Wildman–Crippen MR) is 317 cm³/mol. The first-order valence-electron chi connectivity index (χ1n) is 29.0. The van der Waals surface area contributed by atoms with E-state index < -0.39 is 139 Å². The molecule has 3 aromatic rings. The zero-order valence-electron chi connectivity index (χ0n) is 49.5.